The van der Waals surface area contributed by atoms with E-state index in [4.69, 9.17) is 5.73 Å². The number of nitrogen functional groups attached to an aromatic ring is 1. The van der Waals surface area contributed by atoms with Crippen LogP contribution in [0, 0.1) is 6.92 Å². The standard InChI is InChI=1S/C14H24N4/c1-11-8-14(17-10-13(11)15)16-9-12(2)18-6-4-3-5-7-18/h8,10,12H,3-7,9,15H2,1-2H3,(H,16,17). The van der Waals surface area contributed by atoms with Crippen molar-refractivity contribution in [2.75, 3.05) is 30.7 Å². The monoisotopic (exact) mass is 248 g/mol. The smallest absolute Gasteiger partial charge is 0.126 e. The Hall–Kier alpha value is -1.29. The van der Waals surface area contributed by atoms with Gasteiger partial charge in [-0.05, 0) is 51.4 Å². The molecule has 1 unspecified atom stereocenters. The molecule has 1 fully saturated rings. The minimum Gasteiger partial charge on any atom is -0.397 e. The van der Waals surface area contributed by atoms with Gasteiger partial charge in [-0.1, -0.05) is 6.42 Å². The first-order valence-corrected chi connectivity index (χ1v) is 6.87. The number of nitrogens with one attached hydrogen (secondary N) is 1. The zero-order valence-electron chi connectivity index (χ0n) is 11.4. The van der Waals surface area contributed by atoms with E-state index in [0.717, 1.165) is 23.6 Å². The summed E-state index contributed by atoms with van der Waals surface area (Å²) in [5.74, 6) is 0.922. The van der Waals surface area contributed by atoms with Crippen LogP contribution in [0.4, 0.5) is 11.5 Å². The highest BCUT2D eigenvalue weighted by Crippen LogP contribution is 2.15. The van der Waals surface area contributed by atoms with Crippen molar-refractivity contribution in [3.05, 3.63) is 17.8 Å². The molecule has 3 N–H and O–H groups in total. The van der Waals surface area contributed by atoms with Crippen LogP contribution in [0.1, 0.15) is 31.7 Å². The van der Waals surface area contributed by atoms with Gasteiger partial charge in [-0.3, -0.25) is 4.90 Å². The Morgan fingerprint density at radius 3 is 2.78 bits per heavy atom. The summed E-state index contributed by atoms with van der Waals surface area (Å²) < 4.78 is 0. The van der Waals surface area contributed by atoms with Crippen molar-refractivity contribution in [3.8, 4) is 0 Å². The van der Waals surface area contributed by atoms with Gasteiger partial charge in [0, 0.05) is 12.6 Å². The van der Waals surface area contributed by atoms with Gasteiger partial charge in [0.1, 0.15) is 5.82 Å². The van der Waals surface area contributed by atoms with Gasteiger partial charge >= 0.3 is 0 Å². The summed E-state index contributed by atoms with van der Waals surface area (Å²) in [4.78, 5) is 6.86. The maximum atomic E-state index is 5.76. The van der Waals surface area contributed by atoms with Crippen molar-refractivity contribution in [3.63, 3.8) is 0 Å². The minimum absolute atomic E-state index is 0.560. The van der Waals surface area contributed by atoms with Crippen molar-refractivity contribution in [2.45, 2.75) is 39.2 Å². The molecule has 1 aliphatic heterocycles. The Bertz CT molecular complexity index is 385. The molecule has 0 radical (unpaired) electrons. The first-order valence-electron chi connectivity index (χ1n) is 6.87. The molecule has 0 spiro atoms. The molecule has 1 aromatic rings. The number of nitrogens with zero attached hydrogens (tertiary/aromatic N) is 2. The topological polar surface area (TPSA) is 54.2 Å². The van der Waals surface area contributed by atoms with E-state index in [2.05, 4.69) is 22.1 Å². The minimum atomic E-state index is 0.560. The van der Waals surface area contributed by atoms with Gasteiger partial charge in [0.05, 0.1) is 11.9 Å². The highest BCUT2D eigenvalue weighted by Gasteiger charge is 2.16. The molecule has 0 saturated carbocycles. The number of piperidine rings is 1. The number of hydrogen-bond donors (Lipinski definition) is 2. The predicted octanol–water partition coefficient (Wildman–Crippen LogP) is 2.26. The van der Waals surface area contributed by atoms with Gasteiger partial charge in [-0.2, -0.15) is 0 Å². The summed E-state index contributed by atoms with van der Waals surface area (Å²) in [5.41, 5.74) is 7.60. The zero-order valence-corrected chi connectivity index (χ0v) is 11.4. The fourth-order valence-corrected chi connectivity index (χ4v) is 2.40. The van der Waals surface area contributed by atoms with Crippen molar-refractivity contribution < 1.29 is 0 Å². The van der Waals surface area contributed by atoms with Gasteiger partial charge in [-0.25, -0.2) is 4.98 Å². The SMILES string of the molecule is Cc1cc(NCC(C)N2CCCCC2)ncc1N. The molecule has 0 aliphatic carbocycles. The largest absolute Gasteiger partial charge is 0.397 e. The summed E-state index contributed by atoms with van der Waals surface area (Å²) in [6.45, 7) is 7.70. The third-order valence-electron chi connectivity index (χ3n) is 3.74. The fourth-order valence-electron chi connectivity index (χ4n) is 2.40. The Morgan fingerprint density at radius 2 is 2.11 bits per heavy atom. The quantitative estimate of drug-likeness (QED) is 0.858. The molecule has 4 nitrogen and oxygen atoms in total. The molecule has 0 aromatic carbocycles. The molecule has 2 rings (SSSR count). The summed E-state index contributed by atoms with van der Waals surface area (Å²) in [7, 11) is 0. The lowest BCUT2D eigenvalue weighted by molar-refractivity contribution is 0.180. The van der Waals surface area contributed by atoms with Crippen LogP contribution < -0.4 is 11.1 Å². The highest BCUT2D eigenvalue weighted by molar-refractivity contribution is 5.50. The Morgan fingerprint density at radius 1 is 1.39 bits per heavy atom. The van der Waals surface area contributed by atoms with Gasteiger partial charge in [0.2, 0.25) is 0 Å². The van der Waals surface area contributed by atoms with Gasteiger partial charge in [0.15, 0.2) is 0 Å². The number of nitrogens with two attached hydrogens (primary N) is 1. The molecule has 4 heteroatoms. The molecule has 1 aliphatic rings. The number of pyridine rings is 1. The van der Waals surface area contributed by atoms with Crippen molar-refractivity contribution in [2.24, 2.45) is 0 Å². The van der Waals surface area contributed by atoms with Crippen LogP contribution in [0.5, 0.6) is 0 Å². The first kappa shape index (κ1) is 13.1. The molecule has 1 saturated heterocycles. The van der Waals surface area contributed by atoms with Crippen LogP contribution in [0.3, 0.4) is 0 Å². The number of anilines is 2. The molecule has 1 aromatic heterocycles. The summed E-state index contributed by atoms with van der Waals surface area (Å²) in [5, 5.41) is 3.40. The van der Waals surface area contributed by atoms with E-state index >= 15 is 0 Å². The second kappa shape index (κ2) is 6.05. The average Bonchev–Trinajstić information content (AvgIpc) is 2.41. The van der Waals surface area contributed by atoms with Crippen molar-refractivity contribution in [1.82, 2.24) is 9.88 Å². The van der Waals surface area contributed by atoms with Crippen LogP contribution in [0.15, 0.2) is 12.3 Å². The van der Waals surface area contributed by atoms with E-state index in [9.17, 15) is 0 Å². The molecular weight excluding hydrogens is 224 g/mol. The molecular formula is C14H24N4. The molecule has 100 valence electrons. The lowest BCUT2D eigenvalue weighted by Gasteiger charge is -2.32. The Labute approximate surface area is 110 Å². The summed E-state index contributed by atoms with van der Waals surface area (Å²) in [6.07, 6.45) is 5.78. The number of aromatic nitrogens is 1. The highest BCUT2D eigenvalue weighted by atomic mass is 15.2. The number of hydrogen-bond acceptors (Lipinski definition) is 4. The van der Waals surface area contributed by atoms with Crippen LogP contribution in [0.2, 0.25) is 0 Å². The van der Waals surface area contributed by atoms with Gasteiger partial charge < -0.3 is 11.1 Å². The van der Waals surface area contributed by atoms with Crippen LogP contribution >= 0.6 is 0 Å². The third kappa shape index (κ3) is 3.35. The van der Waals surface area contributed by atoms with E-state index in [1.165, 1.54) is 32.4 Å². The van der Waals surface area contributed by atoms with Crippen LogP contribution in [-0.2, 0) is 0 Å². The first-order chi connectivity index (χ1) is 8.66. The van der Waals surface area contributed by atoms with Crippen LogP contribution in [0.25, 0.3) is 0 Å². The molecule has 18 heavy (non-hydrogen) atoms. The second-order valence-corrected chi connectivity index (χ2v) is 5.25. The van der Waals surface area contributed by atoms with Crippen molar-refractivity contribution >= 4 is 11.5 Å². The van der Waals surface area contributed by atoms with E-state index in [1.807, 2.05) is 13.0 Å². The third-order valence-corrected chi connectivity index (χ3v) is 3.74. The zero-order chi connectivity index (χ0) is 13.0. The summed E-state index contributed by atoms with van der Waals surface area (Å²) >= 11 is 0. The lowest BCUT2D eigenvalue weighted by Crippen LogP contribution is -2.41. The predicted molar refractivity (Wildman–Crippen MR) is 76.8 cm³/mol. The Kier molecular flexibility index (Phi) is 4.42. The molecule has 1 atom stereocenters. The van der Waals surface area contributed by atoms with Gasteiger partial charge in [-0.15, -0.1) is 0 Å². The van der Waals surface area contributed by atoms with E-state index in [-0.39, 0.29) is 0 Å². The van der Waals surface area contributed by atoms with Gasteiger partial charge in [0.25, 0.3) is 0 Å². The lowest BCUT2D eigenvalue weighted by atomic mass is 10.1. The van der Waals surface area contributed by atoms with Crippen LogP contribution in [-0.4, -0.2) is 35.6 Å². The second-order valence-electron chi connectivity index (χ2n) is 5.25. The van der Waals surface area contributed by atoms with E-state index < -0.39 is 0 Å². The molecule has 0 bridgehead atoms. The number of rotatable bonds is 4. The average molecular weight is 248 g/mol. The summed E-state index contributed by atoms with van der Waals surface area (Å²) in [6, 6.07) is 2.57. The maximum Gasteiger partial charge on any atom is 0.126 e. The molecule has 0 amide bonds. The normalized spacial score (nSPS) is 18.6. The number of aryl methyl sites for hydroxylation is 1. The van der Waals surface area contributed by atoms with E-state index in [0.29, 0.717) is 6.04 Å². The molecule has 2 heterocycles. The maximum absolute atomic E-state index is 5.76. The fraction of sp³-hybridized carbons (Fsp3) is 0.643. The Balaban J connectivity index is 1.84. The van der Waals surface area contributed by atoms with E-state index in [1.54, 1.807) is 6.20 Å². The van der Waals surface area contributed by atoms with Crippen molar-refractivity contribution in [1.29, 1.82) is 0 Å². The number of likely N-dealkylation sites (tertiary alicyclic amines) is 1.